The summed E-state index contributed by atoms with van der Waals surface area (Å²) < 4.78 is 10.5. The van der Waals surface area contributed by atoms with Gasteiger partial charge in [0.1, 0.15) is 61.0 Å². The van der Waals surface area contributed by atoms with Gasteiger partial charge in [-0.25, -0.2) is 4.79 Å². The molecule has 10 atom stereocenters. The Bertz CT molecular complexity index is 854. The maximum absolute atomic E-state index is 12.3. The molecule has 3 rings (SSSR count). The van der Waals surface area contributed by atoms with E-state index in [1.54, 1.807) is 0 Å². The highest BCUT2D eigenvalue weighted by Gasteiger charge is 2.50. The van der Waals surface area contributed by atoms with Crippen molar-refractivity contribution in [3.05, 3.63) is 16.7 Å². The molecule has 0 radical (unpaired) electrons. The topological polar surface area (TPSA) is 278 Å². The quantitative estimate of drug-likeness (QED) is 0.172. The largest absolute Gasteiger partial charge is 0.504 e. The van der Waals surface area contributed by atoms with Crippen LogP contribution in [0, 0.1) is 0 Å². The van der Waals surface area contributed by atoms with Crippen molar-refractivity contribution in [2.75, 3.05) is 13.2 Å². The van der Waals surface area contributed by atoms with E-state index in [0.29, 0.717) is 0 Å². The number of hydrogen-bond acceptors (Lipinski definition) is 14. The molecule has 12 N–H and O–H groups in total. The number of carboxylic acid groups (broad SMARTS) is 1. The predicted octanol–water partition coefficient (Wildman–Crippen LogP) is -4.47. The smallest absolute Gasteiger partial charge is 0.336 e. The number of phenols is 3. The van der Waals surface area contributed by atoms with Crippen LogP contribution in [0.3, 0.4) is 0 Å². The van der Waals surface area contributed by atoms with Gasteiger partial charge in [-0.1, -0.05) is 0 Å². The van der Waals surface area contributed by atoms with Gasteiger partial charge >= 0.3 is 5.97 Å². The second kappa shape index (κ2) is 9.74. The second-order valence-corrected chi connectivity index (χ2v) is 8.05. The summed E-state index contributed by atoms with van der Waals surface area (Å²) in [5.74, 6) is -5.91. The lowest BCUT2D eigenvalue weighted by atomic mass is 9.82. The summed E-state index contributed by atoms with van der Waals surface area (Å²) in [5.41, 5.74) is -2.94. The van der Waals surface area contributed by atoms with E-state index in [1.165, 1.54) is 0 Å². The van der Waals surface area contributed by atoms with E-state index in [0.717, 1.165) is 0 Å². The van der Waals surface area contributed by atoms with Crippen LogP contribution in [0.2, 0.25) is 0 Å². The molecule has 2 saturated heterocycles. The number of aromatic hydroxyl groups is 3. The molecular formula is C19H26O15. The van der Waals surface area contributed by atoms with Crippen LogP contribution < -0.4 is 0 Å². The Morgan fingerprint density at radius 2 is 0.971 bits per heavy atom. The maximum atomic E-state index is 12.3. The second-order valence-electron chi connectivity index (χ2n) is 8.05. The van der Waals surface area contributed by atoms with Crippen LogP contribution in [0.15, 0.2) is 0 Å². The van der Waals surface area contributed by atoms with Crippen LogP contribution in [-0.2, 0) is 9.47 Å². The van der Waals surface area contributed by atoms with Gasteiger partial charge in [-0.2, -0.15) is 0 Å². The van der Waals surface area contributed by atoms with Gasteiger partial charge < -0.3 is 70.8 Å². The summed E-state index contributed by atoms with van der Waals surface area (Å²) in [6.45, 7) is -1.82. The predicted molar refractivity (Wildman–Crippen MR) is 104 cm³/mol. The number of aliphatic hydroxyl groups excluding tert-OH is 8. The Kier molecular flexibility index (Phi) is 7.54. The summed E-state index contributed by atoms with van der Waals surface area (Å²) >= 11 is 0. The van der Waals surface area contributed by atoms with E-state index >= 15 is 0 Å². The first-order chi connectivity index (χ1) is 15.9. The van der Waals surface area contributed by atoms with E-state index in [1.807, 2.05) is 0 Å². The van der Waals surface area contributed by atoms with Gasteiger partial charge in [0.25, 0.3) is 0 Å². The number of rotatable bonds is 5. The lowest BCUT2D eigenvalue weighted by Crippen LogP contribution is -2.56. The van der Waals surface area contributed by atoms with Crippen LogP contribution in [0.25, 0.3) is 0 Å². The number of aliphatic hydroxyl groups is 8. The van der Waals surface area contributed by atoms with E-state index in [4.69, 9.17) is 9.47 Å². The van der Waals surface area contributed by atoms with Crippen molar-refractivity contribution in [1.29, 1.82) is 0 Å². The van der Waals surface area contributed by atoms with Gasteiger partial charge in [-0.15, -0.1) is 0 Å². The molecule has 0 aliphatic carbocycles. The van der Waals surface area contributed by atoms with Gasteiger partial charge in [0.15, 0.2) is 11.5 Å². The van der Waals surface area contributed by atoms with Crippen LogP contribution >= 0.6 is 0 Å². The Morgan fingerprint density at radius 3 is 1.26 bits per heavy atom. The monoisotopic (exact) mass is 494 g/mol. The van der Waals surface area contributed by atoms with E-state index in [9.17, 15) is 66.1 Å². The fourth-order valence-corrected chi connectivity index (χ4v) is 4.21. The van der Waals surface area contributed by atoms with Crippen molar-refractivity contribution < 1.29 is 75.5 Å². The Balaban J connectivity index is 2.27. The zero-order valence-electron chi connectivity index (χ0n) is 17.3. The van der Waals surface area contributed by atoms with E-state index in [-0.39, 0.29) is 0 Å². The van der Waals surface area contributed by atoms with Gasteiger partial charge in [0, 0.05) is 11.1 Å². The van der Waals surface area contributed by atoms with Crippen LogP contribution in [0.1, 0.15) is 33.7 Å². The fourth-order valence-electron chi connectivity index (χ4n) is 4.21. The lowest BCUT2D eigenvalue weighted by Gasteiger charge is -2.42. The molecule has 1 aromatic rings. The minimum atomic E-state index is -2.12. The molecule has 2 aliphatic heterocycles. The zero-order valence-corrected chi connectivity index (χ0v) is 17.3. The maximum Gasteiger partial charge on any atom is 0.336 e. The highest BCUT2D eigenvalue weighted by molar-refractivity contribution is 5.94. The van der Waals surface area contributed by atoms with Crippen molar-refractivity contribution in [2.24, 2.45) is 0 Å². The SMILES string of the molecule is O=C(O)c1c(C2O[C@H](CO)[C@@H](O)[C@H](O)[C@H]2O)c(O)c(O)c(O)c1C1O[C@H](CO)[C@@H](O)[C@H](O)[C@H]1O. The van der Waals surface area contributed by atoms with Crippen LogP contribution in [0.4, 0.5) is 0 Å². The molecule has 0 amide bonds. The van der Waals surface area contributed by atoms with Crippen molar-refractivity contribution in [2.45, 2.75) is 61.0 Å². The first-order valence-electron chi connectivity index (χ1n) is 10.0. The number of hydrogen-bond donors (Lipinski definition) is 12. The fraction of sp³-hybridized carbons (Fsp3) is 0.632. The molecular weight excluding hydrogens is 468 g/mol. The number of ether oxygens (including phenoxy) is 2. The molecule has 2 heterocycles. The van der Waals surface area contributed by atoms with Crippen molar-refractivity contribution >= 4 is 5.97 Å². The normalized spacial score (nSPS) is 38.6. The first-order valence-corrected chi connectivity index (χ1v) is 10.0. The molecule has 0 aromatic heterocycles. The summed E-state index contributed by atoms with van der Waals surface area (Å²) in [6.07, 6.45) is -19.0. The lowest BCUT2D eigenvalue weighted by molar-refractivity contribution is -0.234. The minimum absolute atomic E-state index is 0.908. The zero-order chi connectivity index (χ0) is 25.6. The number of carboxylic acids is 1. The van der Waals surface area contributed by atoms with Crippen molar-refractivity contribution in [3.8, 4) is 17.2 Å². The molecule has 0 bridgehead atoms. The van der Waals surface area contributed by atoms with E-state index < -0.39 is 114 Å². The number of aromatic carboxylic acids is 1. The average molecular weight is 494 g/mol. The average Bonchev–Trinajstić information content (AvgIpc) is 2.80. The Labute approximate surface area is 190 Å². The summed E-state index contributed by atoms with van der Waals surface area (Å²) in [5, 5.41) is 121. The molecule has 0 spiro atoms. The highest BCUT2D eigenvalue weighted by Crippen LogP contribution is 2.52. The standard InChI is InChI=1S/C19H26O15/c20-1-3-8(22)12(26)15(29)17(33-3)6-5(19(31)32)7(11(25)14(28)10(6)24)18-16(30)13(27)9(23)4(2-21)34-18/h3-4,8-9,12-13,15-18,20-30H,1-2H2,(H,31,32)/t3-,4-,8-,9-,12+,13+,15-,16-,17?,18?/m1/s1. The number of carbonyl (C=O) groups is 1. The Morgan fingerprint density at radius 1 is 0.618 bits per heavy atom. The van der Waals surface area contributed by atoms with Gasteiger partial charge in [0.05, 0.1) is 18.8 Å². The molecule has 2 fully saturated rings. The molecule has 34 heavy (non-hydrogen) atoms. The number of phenolic OH excluding ortho intramolecular Hbond substituents is 3. The van der Waals surface area contributed by atoms with Crippen LogP contribution in [-0.4, -0.2) is 129 Å². The summed E-state index contributed by atoms with van der Waals surface area (Å²) in [4.78, 5) is 12.3. The van der Waals surface area contributed by atoms with Crippen molar-refractivity contribution in [1.82, 2.24) is 0 Å². The number of benzene rings is 1. The van der Waals surface area contributed by atoms with Crippen molar-refractivity contribution in [3.63, 3.8) is 0 Å². The van der Waals surface area contributed by atoms with Gasteiger partial charge in [-0.3, -0.25) is 0 Å². The van der Waals surface area contributed by atoms with E-state index in [2.05, 4.69) is 0 Å². The molecule has 0 saturated carbocycles. The third kappa shape index (κ3) is 4.05. The Hall–Kier alpha value is -2.31. The third-order valence-electron chi connectivity index (χ3n) is 6.06. The molecule has 1 aromatic carbocycles. The molecule has 15 nitrogen and oxygen atoms in total. The summed E-state index contributed by atoms with van der Waals surface area (Å²) in [6, 6.07) is 0. The molecule has 192 valence electrons. The molecule has 2 aliphatic rings. The third-order valence-corrected chi connectivity index (χ3v) is 6.06. The first kappa shape index (κ1) is 26.3. The molecule has 2 unspecified atom stereocenters. The summed E-state index contributed by atoms with van der Waals surface area (Å²) in [7, 11) is 0. The van der Waals surface area contributed by atoms with Gasteiger partial charge in [0.2, 0.25) is 5.75 Å². The molecule has 15 heteroatoms. The highest BCUT2D eigenvalue weighted by atomic mass is 16.6. The minimum Gasteiger partial charge on any atom is -0.504 e. The van der Waals surface area contributed by atoms with Gasteiger partial charge in [-0.05, 0) is 0 Å². The van der Waals surface area contributed by atoms with Crippen LogP contribution in [0.5, 0.6) is 17.2 Å².